The summed E-state index contributed by atoms with van der Waals surface area (Å²) < 4.78 is 5.21. The van der Waals surface area contributed by atoms with Crippen molar-refractivity contribution in [3.8, 4) is 0 Å². The van der Waals surface area contributed by atoms with Crippen LogP contribution in [0.2, 0.25) is 0 Å². The maximum atomic E-state index is 12.4. The minimum atomic E-state index is -0.840. The van der Waals surface area contributed by atoms with Crippen molar-refractivity contribution in [3.05, 3.63) is 30.1 Å². The summed E-state index contributed by atoms with van der Waals surface area (Å²) in [5, 5.41) is 1.97. The van der Waals surface area contributed by atoms with Crippen LogP contribution in [-0.4, -0.2) is 33.7 Å². The molecule has 5 nitrogen and oxygen atoms in total. The molecule has 0 amide bonds. The average molecular weight is 320 g/mol. The molecule has 1 aromatic rings. The molecule has 5 heteroatoms. The van der Waals surface area contributed by atoms with Crippen molar-refractivity contribution < 1.29 is 14.4 Å². The summed E-state index contributed by atoms with van der Waals surface area (Å²) in [6, 6.07) is 5.47. The fraction of sp³-hybridized carbons (Fsp3) is 0.667. The molecule has 2 heterocycles. The van der Waals surface area contributed by atoms with Gasteiger partial charge in [0, 0.05) is 17.3 Å². The fourth-order valence-corrected chi connectivity index (χ4v) is 3.33. The standard InChI is InChI=1S/C18H28N2O3/c1-6-22-16(21)15(14-10-7-8-13-19-14)23-20-17(2,3)11-9-12-18(20,4)5/h7-8,10,13,15H,6,9,11-12H2,1-5H3. The van der Waals surface area contributed by atoms with Gasteiger partial charge in [0.2, 0.25) is 6.10 Å². The molecule has 23 heavy (non-hydrogen) atoms. The largest absolute Gasteiger partial charge is 0.464 e. The number of piperidine rings is 1. The lowest BCUT2D eigenvalue weighted by molar-refractivity contribution is -0.305. The SMILES string of the molecule is CCOC(=O)C(ON1C(C)(C)CCCC1(C)C)c1ccccn1. The van der Waals surface area contributed by atoms with Crippen LogP contribution in [-0.2, 0) is 14.4 Å². The maximum Gasteiger partial charge on any atom is 0.343 e. The van der Waals surface area contributed by atoms with Crippen LogP contribution in [0.1, 0.15) is 65.7 Å². The first-order valence-corrected chi connectivity index (χ1v) is 8.32. The Balaban J connectivity index is 2.31. The van der Waals surface area contributed by atoms with Crippen molar-refractivity contribution in [1.82, 2.24) is 10.0 Å². The van der Waals surface area contributed by atoms with Crippen molar-refractivity contribution >= 4 is 5.97 Å². The number of hydrogen-bond donors (Lipinski definition) is 0. The number of esters is 1. The number of aromatic nitrogens is 1. The first-order valence-electron chi connectivity index (χ1n) is 8.32. The molecular weight excluding hydrogens is 292 g/mol. The molecule has 1 aliphatic heterocycles. The smallest absolute Gasteiger partial charge is 0.343 e. The van der Waals surface area contributed by atoms with Crippen molar-refractivity contribution in [3.63, 3.8) is 0 Å². The normalized spacial score (nSPS) is 21.6. The Morgan fingerprint density at radius 2 is 1.91 bits per heavy atom. The Kier molecular flexibility index (Phi) is 5.42. The maximum absolute atomic E-state index is 12.4. The van der Waals surface area contributed by atoms with E-state index in [1.807, 2.05) is 17.2 Å². The second-order valence-corrected chi connectivity index (χ2v) is 7.26. The lowest BCUT2D eigenvalue weighted by Crippen LogP contribution is -2.59. The summed E-state index contributed by atoms with van der Waals surface area (Å²) in [5.41, 5.74) is 0.269. The summed E-state index contributed by atoms with van der Waals surface area (Å²) in [7, 11) is 0. The highest BCUT2D eigenvalue weighted by Crippen LogP contribution is 2.40. The Labute approximate surface area is 138 Å². The highest BCUT2D eigenvalue weighted by Gasteiger charge is 2.45. The summed E-state index contributed by atoms with van der Waals surface area (Å²) in [6.45, 7) is 10.7. The molecule has 1 fully saturated rings. The zero-order valence-electron chi connectivity index (χ0n) is 14.8. The molecule has 1 atom stereocenters. The van der Waals surface area contributed by atoms with Gasteiger partial charge in [0.1, 0.15) is 0 Å². The van der Waals surface area contributed by atoms with E-state index in [0.29, 0.717) is 12.3 Å². The van der Waals surface area contributed by atoms with Crippen LogP contribution in [0.15, 0.2) is 24.4 Å². The van der Waals surface area contributed by atoms with Gasteiger partial charge in [0.05, 0.1) is 12.3 Å². The second kappa shape index (κ2) is 6.97. The van der Waals surface area contributed by atoms with E-state index >= 15 is 0 Å². The van der Waals surface area contributed by atoms with Crippen LogP contribution >= 0.6 is 0 Å². The molecule has 1 unspecified atom stereocenters. The lowest BCUT2D eigenvalue weighted by Gasteiger charge is -2.51. The number of nitrogens with zero attached hydrogens (tertiary/aromatic N) is 2. The van der Waals surface area contributed by atoms with E-state index in [1.165, 1.54) is 0 Å². The van der Waals surface area contributed by atoms with Gasteiger partial charge >= 0.3 is 5.97 Å². The Morgan fingerprint density at radius 1 is 1.26 bits per heavy atom. The van der Waals surface area contributed by atoms with Gasteiger partial charge < -0.3 is 4.74 Å². The number of hydrogen-bond acceptors (Lipinski definition) is 5. The molecule has 0 saturated carbocycles. The molecule has 1 aromatic heterocycles. The van der Waals surface area contributed by atoms with E-state index in [0.717, 1.165) is 19.3 Å². The monoisotopic (exact) mass is 320 g/mol. The average Bonchev–Trinajstić information content (AvgIpc) is 2.47. The number of rotatable bonds is 5. The highest BCUT2D eigenvalue weighted by atomic mass is 16.7. The Bertz CT molecular complexity index is 512. The van der Waals surface area contributed by atoms with Gasteiger partial charge in [-0.05, 0) is 66.0 Å². The first kappa shape index (κ1) is 17.9. The summed E-state index contributed by atoms with van der Waals surface area (Å²) >= 11 is 0. The topological polar surface area (TPSA) is 51.7 Å². The van der Waals surface area contributed by atoms with Crippen molar-refractivity contribution in [2.24, 2.45) is 0 Å². The van der Waals surface area contributed by atoms with Crippen molar-refractivity contribution in [1.29, 1.82) is 0 Å². The molecule has 0 aromatic carbocycles. The Hall–Kier alpha value is -1.46. The molecular formula is C18H28N2O3. The zero-order chi connectivity index (χ0) is 17.1. The molecule has 0 spiro atoms. The third-order valence-electron chi connectivity index (χ3n) is 4.34. The summed E-state index contributed by atoms with van der Waals surface area (Å²) in [4.78, 5) is 22.9. The molecule has 0 bridgehead atoms. The first-order chi connectivity index (χ1) is 10.8. The highest BCUT2D eigenvalue weighted by molar-refractivity contribution is 5.75. The molecule has 2 rings (SSSR count). The zero-order valence-corrected chi connectivity index (χ0v) is 14.8. The second-order valence-electron chi connectivity index (χ2n) is 7.26. The van der Waals surface area contributed by atoms with Crippen LogP contribution in [0.4, 0.5) is 0 Å². The molecule has 1 aliphatic rings. The van der Waals surface area contributed by atoms with Gasteiger partial charge in [0.15, 0.2) is 0 Å². The van der Waals surface area contributed by atoms with Gasteiger partial charge in [-0.2, -0.15) is 5.06 Å². The predicted octanol–water partition coefficient (Wildman–Crippen LogP) is 3.66. The number of carbonyl (C=O) groups is 1. The van der Waals surface area contributed by atoms with E-state index < -0.39 is 12.1 Å². The van der Waals surface area contributed by atoms with Crippen LogP contribution < -0.4 is 0 Å². The van der Waals surface area contributed by atoms with Crippen LogP contribution in [0, 0.1) is 0 Å². The van der Waals surface area contributed by atoms with Gasteiger partial charge in [-0.1, -0.05) is 6.07 Å². The minimum Gasteiger partial charge on any atom is -0.464 e. The fourth-order valence-electron chi connectivity index (χ4n) is 3.33. The van der Waals surface area contributed by atoms with Crippen LogP contribution in [0.5, 0.6) is 0 Å². The molecule has 1 saturated heterocycles. The number of ether oxygens (including phenoxy) is 1. The molecule has 128 valence electrons. The molecule has 0 N–H and O–H groups in total. The van der Waals surface area contributed by atoms with E-state index in [1.54, 1.807) is 19.2 Å². The summed E-state index contributed by atoms with van der Waals surface area (Å²) in [6.07, 6.45) is 4.01. The predicted molar refractivity (Wildman–Crippen MR) is 88.5 cm³/mol. The van der Waals surface area contributed by atoms with E-state index in [9.17, 15) is 4.79 Å². The van der Waals surface area contributed by atoms with Crippen molar-refractivity contribution in [2.75, 3.05) is 6.61 Å². The van der Waals surface area contributed by atoms with E-state index in [2.05, 4.69) is 32.7 Å². The van der Waals surface area contributed by atoms with Gasteiger partial charge in [-0.15, -0.1) is 0 Å². The molecule has 0 radical (unpaired) electrons. The lowest BCUT2D eigenvalue weighted by atomic mass is 9.82. The molecule has 0 aliphatic carbocycles. The number of pyridine rings is 1. The van der Waals surface area contributed by atoms with E-state index in [-0.39, 0.29) is 11.1 Å². The van der Waals surface area contributed by atoms with Crippen molar-refractivity contribution in [2.45, 2.75) is 71.1 Å². The number of carbonyl (C=O) groups excluding carboxylic acids is 1. The third kappa shape index (κ3) is 4.09. The van der Waals surface area contributed by atoms with Crippen LogP contribution in [0.25, 0.3) is 0 Å². The van der Waals surface area contributed by atoms with E-state index in [4.69, 9.17) is 9.57 Å². The van der Waals surface area contributed by atoms with Gasteiger partial charge in [-0.3, -0.25) is 9.82 Å². The minimum absolute atomic E-state index is 0.152. The van der Waals surface area contributed by atoms with Gasteiger partial charge in [-0.25, -0.2) is 4.79 Å². The van der Waals surface area contributed by atoms with Gasteiger partial charge in [0.25, 0.3) is 0 Å². The third-order valence-corrected chi connectivity index (χ3v) is 4.34. The summed E-state index contributed by atoms with van der Waals surface area (Å²) in [5.74, 6) is -0.400. The number of hydroxylamine groups is 2. The Morgan fingerprint density at radius 3 is 2.43 bits per heavy atom. The van der Waals surface area contributed by atoms with Crippen LogP contribution in [0.3, 0.4) is 0 Å². The quantitative estimate of drug-likeness (QED) is 0.775.